The number of hydrogen-bond donors (Lipinski definition) is 2. The summed E-state index contributed by atoms with van der Waals surface area (Å²) in [6.07, 6.45) is 0.722. The highest BCUT2D eigenvalue weighted by Gasteiger charge is 2.10. The molecule has 0 saturated heterocycles. The number of carbonyl (C=O) groups is 1. The lowest BCUT2D eigenvalue weighted by molar-refractivity contribution is 0.0942. The smallest absolute Gasteiger partial charge is 0.255 e. The van der Waals surface area contributed by atoms with Crippen LogP contribution in [0.25, 0.3) is 0 Å². The van der Waals surface area contributed by atoms with Gasteiger partial charge < -0.3 is 15.2 Å². The summed E-state index contributed by atoms with van der Waals surface area (Å²) in [5.74, 6) is -0.414. The molecule has 18 heavy (non-hydrogen) atoms. The third kappa shape index (κ3) is 5.25. The van der Waals surface area contributed by atoms with Gasteiger partial charge in [0.2, 0.25) is 0 Å². The quantitative estimate of drug-likeness (QED) is 0.594. The van der Waals surface area contributed by atoms with Crippen LogP contribution in [0.2, 0.25) is 5.02 Å². The maximum Gasteiger partial charge on any atom is 0.255 e. The van der Waals surface area contributed by atoms with E-state index in [4.69, 9.17) is 16.3 Å². The number of ether oxygens (including phenoxy) is 1. The average molecular weight is 337 g/mol. The fourth-order valence-corrected chi connectivity index (χ4v) is 1.72. The van der Waals surface area contributed by atoms with Gasteiger partial charge in [0.25, 0.3) is 5.91 Å². The van der Waals surface area contributed by atoms with Crippen molar-refractivity contribution in [3.8, 4) is 5.75 Å². The van der Waals surface area contributed by atoms with Gasteiger partial charge in [-0.15, -0.1) is 0 Å². The molecule has 0 saturated carbocycles. The van der Waals surface area contributed by atoms with Gasteiger partial charge in [-0.1, -0.05) is 27.5 Å². The van der Waals surface area contributed by atoms with Gasteiger partial charge in [0.05, 0.1) is 12.2 Å². The van der Waals surface area contributed by atoms with Crippen LogP contribution >= 0.6 is 27.5 Å². The van der Waals surface area contributed by atoms with Gasteiger partial charge in [0.1, 0.15) is 5.75 Å². The van der Waals surface area contributed by atoms with Crippen molar-refractivity contribution in [3.63, 3.8) is 0 Å². The van der Waals surface area contributed by atoms with Crippen molar-refractivity contribution in [3.05, 3.63) is 28.8 Å². The van der Waals surface area contributed by atoms with Gasteiger partial charge in [-0.2, -0.15) is 0 Å². The number of nitrogens with one attached hydrogen (secondary N) is 1. The number of halogens is 2. The first-order chi connectivity index (χ1) is 8.65. The Balaban J connectivity index is 2.34. The molecule has 1 amide bonds. The number of hydrogen-bond acceptors (Lipinski definition) is 3. The summed E-state index contributed by atoms with van der Waals surface area (Å²) in [6, 6.07) is 4.37. The Kier molecular flexibility index (Phi) is 7.08. The van der Waals surface area contributed by atoms with Gasteiger partial charge in [0.15, 0.2) is 0 Å². The summed E-state index contributed by atoms with van der Waals surface area (Å²) in [4.78, 5) is 11.7. The number of benzene rings is 1. The highest BCUT2D eigenvalue weighted by molar-refractivity contribution is 9.09. The zero-order valence-corrected chi connectivity index (χ0v) is 12.1. The molecule has 1 rings (SSSR count). The Bertz CT molecular complexity index is 401. The van der Waals surface area contributed by atoms with E-state index in [0.717, 1.165) is 11.8 Å². The largest absolute Gasteiger partial charge is 0.507 e. The van der Waals surface area contributed by atoms with Gasteiger partial charge in [-0.05, 0) is 24.6 Å². The van der Waals surface area contributed by atoms with E-state index in [-0.39, 0.29) is 17.2 Å². The van der Waals surface area contributed by atoms with Crippen molar-refractivity contribution >= 4 is 33.4 Å². The first-order valence-corrected chi connectivity index (χ1v) is 7.05. The number of carbonyl (C=O) groups excluding carboxylic acids is 1. The Labute approximate surface area is 119 Å². The fraction of sp³-hybridized carbons (Fsp3) is 0.417. The molecule has 0 atom stereocenters. The topological polar surface area (TPSA) is 58.6 Å². The van der Waals surface area contributed by atoms with Crippen molar-refractivity contribution in [1.29, 1.82) is 0 Å². The minimum Gasteiger partial charge on any atom is -0.507 e. The van der Waals surface area contributed by atoms with Crippen molar-refractivity contribution in [1.82, 2.24) is 5.32 Å². The molecule has 0 spiro atoms. The maximum absolute atomic E-state index is 11.7. The number of phenols is 1. The fourth-order valence-electron chi connectivity index (χ4n) is 1.32. The van der Waals surface area contributed by atoms with Crippen LogP contribution in [0.1, 0.15) is 16.8 Å². The summed E-state index contributed by atoms with van der Waals surface area (Å²) in [5.41, 5.74) is 0.184. The molecule has 0 fully saturated rings. The van der Waals surface area contributed by atoms with Crippen LogP contribution in [-0.2, 0) is 4.74 Å². The summed E-state index contributed by atoms with van der Waals surface area (Å²) in [5, 5.41) is 13.4. The predicted octanol–water partition coefficient (Wildman–Crippen LogP) is 2.58. The highest BCUT2D eigenvalue weighted by atomic mass is 79.9. The van der Waals surface area contributed by atoms with Crippen LogP contribution in [0.5, 0.6) is 5.75 Å². The van der Waals surface area contributed by atoms with E-state index in [1.807, 2.05) is 0 Å². The first kappa shape index (κ1) is 15.3. The Morgan fingerprint density at radius 2 is 2.22 bits per heavy atom. The second-order valence-electron chi connectivity index (χ2n) is 3.57. The monoisotopic (exact) mass is 335 g/mol. The zero-order valence-electron chi connectivity index (χ0n) is 9.79. The van der Waals surface area contributed by atoms with E-state index in [9.17, 15) is 9.90 Å². The lowest BCUT2D eigenvalue weighted by Gasteiger charge is -2.07. The molecule has 0 unspecified atom stereocenters. The van der Waals surface area contributed by atoms with E-state index in [1.165, 1.54) is 18.2 Å². The van der Waals surface area contributed by atoms with Crippen LogP contribution in [0.15, 0.2) is 18.2 Å². The normalized spacial score (nSPS) is 10.3. The molecule has 0 aliphatic carbocycles. The molecule has 0 heterocycles. The Morgan fingerprint density at radius 1 is 1.44 bits per heavy atom. The second-order valence-corrected chi connectivity index (χ2v) is 4.80. The minimum absolute atomic E-state index is 0.0764. The summed E-state index contributed by atoms with van der Waals surface area (Å²) < 4.78 is 5.24. The molecule has 2 N–H and O–H groups in total. The van der Waals surface area contributed by atoms with Crippen LogP contribution < -0.4 is 5.32 Å². The summed E-state index contributed by atoms with van der Waals surface area (Å²) >= 11 is 9.02. The zero-order chi connectivity index (χ0) is 13.4. The second kappa shape index (κ2) is 8.34. The van der Waals surface area contributed by atoms with Gasteiger partial charge in [0, 0.05) is 23.5 Å². The molecule has 1 aromatic rings. The minimum atomic E-state index is -0.338. The van der Waals surface area contributed by atoms with Crippen molar-refractivity contribution in [2.45, 2.75) is 6.42 Å². The molecule has 100 valence electrons. The van der Waals surface area contributed by atoms with Crippen molar-refractivity contribution in [2.75, 3.05) is 25.1 Å². The number of alkyl halides is 1. The standard InChI is InChI=1S/C12H15BrClNO3/c13-4-7-18-6-1-5-15-12(17)10-8-9(14)2-3-11(10)16/h2-3,8,16H,1,4-7H2,(H,15,17). The lowest BCUT2D eigenvalue weighted by Crippen LogP contribution is -2.25. The van der Waals surface area contributed by atoms with E-state index >= 15 is 0 Å². The van der Waals surface area contributed by atoms with E-state index < -0.39 is 0 Å². The third-order valence-electron chi connectivity index (χ3n) is 2.18. The molecule has 0 aliphatic rings. The number of rotatable bonds is 7. The number of aromatic hydroxyl groups is 1. The molecule has 1 aromatic carbocycles. The molecule has 6 heteroatoms. The highest BCUT2D eigenvalue weighted by Crippen LogP contribution is 2.21. The van der Waals surface area contributed by atoms with Crippen LogP contribution in [0.3, 0.4) is 0 Å². The number of phenolic OH excluding ortho intramolecular Hbond substituents is 1. The van der Waals surface area contributed by atoms with Crippen LogP contribution in [-0.4, -0.2) is 36.1 Å². The maximum atomic E-state index is 11.7. The van der Waals surface area contributed by atoms with Crippen molar-refractivity contribution in [2.24, 2.45) is 0 Å². The van der Waals surface area contributed by atoms with E-state index in [1.54, 1.807) is 0 Å². The average Bonchev–Trinajstić information content (AvgIpc) is 2.36. The molecular weight excluding hydrogens is 321 g/mol. The van der Waals surface area contributed by atoms with Crippen LogP contribution in [0.4, 0.5) is 0 Å². The lowest BCUT2D eigenvalue weighted by atomic mass is 10.2. The predicted molar refractivity (Wildman–Crippen MR) is 74.7 cm³/mol. The first-order valence-electron chi connectivity index (χ1n) is 5.55. The van der Waals surface area contributed by atoms with E-state index in [0.29, 0.717) is 24.8 Å². The number of amides is 1. The summed E-state index contributed by atoms with van der Waals surface area (Å²) in [7, 11) is 0. The molecule has 0 bridgehead atoms. The van der Waals surface area contributed by atoms with Gasteiger partial charge in [-0.25, -0.2) is 0 Å². The summed E-state index contributed by atoms with van der Waals surface area (Å²) in [6.45, 7) is 1.74. The van der Waals surface area contributed by atoms with Crippen LogP contribution in [0, 0.1) is 0 Å². The Hall–Kier alpha value is -0.780. The van der Waals surface area contributed by atoms with Gasteiger partial charge >= 0.3 is 0 Å². The molecule has 4 nitrogen and oxygen atoms in total. The SMILES string of the molecule is O=C(NCCCOCCBr)c1cc(Cl)ccc1O. The molecule has 0 aromatic heterocycles. The van der Waals surface area contributed by atoms with E-state index in [2.05, 4.69) is 21.2 Å². The Morgan fingerprint density at radius 3 is 2.94 bits per heavy atom. The molecule has 0 aliphatic heterocycles. The molecular formula is C12H15BrClNO3. The van der Waals surface area contributed by atoms with Gasteiger partial charge in [-0.3, -0.25) is 4.79 Å². The van der Waals surface area contributed by atoms with Crippen molar-refractivity contribution < 1.29 is 14.6 Å². The molecule has 0 radical (unpaired) electrons. The third-order valence-corrected chi connectivity index (χ3v) is 2.73.